The molecule has 0 aromatic carbocycles. The Balaban J connectivity index is 2.13. The Morgan fingerprint density at radius 3 is 2.72 bits per heavy atom. The Morgan fingerprint density at radius 2 is 2.17 bits per heavy atom. The van der Waals surface area contributed by atoms with Crippen molar-refractivity contribution in [3.05, 3.63) is 11.7 Å². The van der Waals surface area contributed by atoms with Crippen LogP contribution in [-0.2, 0) is 10.3 Å². The molecule has 1 atom stereocenters. The highest BCUT2D eigenvalue weighted by atomic mass is 16.5. The molecule has 1 heterocycles. The van der Waals surface area contributed by atoms with E-state index in [-0.39, 0.29) is 11.6 Å². The number of ether oxygens (including phenoxy) is 1. The van der Waals surface area contributed by atoms with Gasteiger partial charge in [-0.1, -0.05) is 12.1 Å². The largest absolute Gasteiger partial charge is 0.370 e. The third kappa shape index (κ3) is 2.90. The summed E-state index contributed by atoms with van der Waals surface area (Å²) in [4.78, 5) is 4.52. The number of aromatic nitrogens is 2. The maximum Gasteiger partial charge on any atom is 0.246 e. The summed E-state index contributed by atoms with van der Waals surface area (Å²) in [6.07, 6.45) is 2.40. The van der Waals surface area contributed by atoms with Crippen molar-refractivity contribution >= 4 is 0 Å². The molecule has 2 rings (SSSR count). The Kier molecular flexibility index (Phi) is 4.02. The van der Waals surface area contributed by atoms with Gasteiger partial charge in [0.2, 0.25) is 11.7 Å². The summed E-state index contributed by atoms with van der Waals surface area (Å²) in [5.41, 5.74) is -0.291. The molecule has 102 valence electrons. The lowest BCUT2D eigenvalue weighted by Gasteiger charge is -2.20. The molecule has 1 N–H and O–H groups in total. The second-order valence-electron chi connectivity index (χ2n) is 5.33. The summed E-state index contributed by atoms with van der Waals surface area (Å²) in [5, 5.41) is 7.42. The molecule has 18 heavy (non-hydrogen) atoms. The molecule has 0 bridgehead atoms. The lowest BCUT2D eigenvalue weighted by molar-refractivity contribution is 0.0384. The van der Waals surface area contributed by atoms with Crippen LogP contribution in [0.4, 0.5) is 0 Å². The maximum atomic E-state index is 5.73. The quantitative estimate of drug-likeness (QED) is 0.808. The molecule has 0 radical (unpaired) electrons. The minimum absolute atomic E-state index is 0.00456. The van der Waals surface area contributed by atoms with Crippen molar-refractivity contribution in [2.75, 3.05) is 13.2 Å². The first-order valence-corrected chi connectivity index (χ1v) is 6.79. The van der Waals surface area contributed by atoms with E-state index in [9.17, 15) is 0 Å². The molecule has 1 aromatic heterocycles. The van der Waals surface area contributed by atoms with Crippen LogP contribution in [0.15, 0.2) is 4.52 Å². The highest BCUT2D eigenvalue weighted by Gasteiger charge is 2.37. The summed E-state index contributed by atoms with van der Waals surface area (Å²) in [5.74, 6) is 1.89. The molecule has 1 saturated carbocycles. The van der Waals surface area contributed by atoms with Crippen molar-refractivity contribution in [1.29, 1.82) is 0 Å². The molecule has 1 aliphatic rings. The second kappa shape index (κ2) is 5.36. The second-order valence-corrected chi connectivity index (χ2v) is 5.33. The van der Waals surface area contributed by atoms with Gasteiger partial charge in [0.05, 0.1) is 5.54 Å². The first-order chi connectivity index (χ1) is 8.58. The standard InChI is InChI=1S/C13H23N3O2/c1-5-14-13(3,4)12-15-11(16-18-12)10(17-6-2)9-7-8-9/h9-10,14H,5-8H2,1-4H3. The molecule has 0 aliphatic heterocycles. The zero-order valence-electron chi connectivity index (χ0n) is 11.7. The predicted molar refractivity (Wildman–Crippen MR) is 68.1 cm³/mol. The van der Waals surface area contributed by atoms with Crippen molar-refractivity contribution in [2.45, 2.75) is 52.2 Å². The van der Waals surface area contributed by atoms with E-state index in [1.54, 1.807) is 0 Å². The van der Waals surface area contributed by atoms with Crippen LogP contribution < -0.4 is 5.32 Å². The Hall–Kier alpha value is -0.940. The topological polar surface area (TPSA) is 60.2 Å². The molecule has 1 aliphatic carbocycles. The van der Waals surface area contributed by atoms with Gasteiger partial charge >= 0.3 is 0 Å². The van der Waals surface area contributed by atoms with E-state index < -0.39 is 0 Å². The molecular weight excluding hydrogens is 230 g/mol. The van der Waals surface area contributed by atoms with Crippen LogP contribution in [0.2, 0.25) is 0 Å². The van der Waals surface area contributed by atoms with E-state index in [4.69, 9.17) is 9.26 Å². The minimum Gasteiger partial charge on any atom is -0.370 e. The number of hydrogen-bond acceptors (Lipinski definition) is 5. The fourth-order valence-corrected chi connectivity index (χ4v) is 2.12. The Bertz CT molecular complexity index is 385. The molecule has 5 heteroatoms. The van der Waals surface area contributed by atoms with Crippen molar-refractivity contribution in [1.82, 2.24) is 15.5 Å². The van der Waals surface area contributed by atoms with Gasteiger partial charge in [-0.15, -0.1) is 0 Å². The number of nitrogens with one attached hydrogen (secondary N) is 1. The summed E-state index contributed by atoms with van der Waals surface area (Å²) in [6, 6.07) is 0. The van der Waals surface area contributed by atoms with Crippen molar-refractivity contribution in [3.8, 4) is 0 Å². The summed E-state index contributed by atoms with van der Waals surface area (Å²) in [6.45, 7) is 9.69. The Labute approximate surface area is 108 Å². The zero-order valence-corrected chi connectivity index (χ0v) is 11.7. The Morgan fingerprint density at radius 1 is 1.44 bits per heavy atom. The van der Waals surface area contributed by atoms with Gasteiger partial charge in [0.1, 0.15) is 6.10 Å². The van der Waals surface area contributed by atoms with Crippen molar-refractivity contribution < 1.29 is 9.26 Å². The van der Waals surface area contributed by atoms with Gasteiger partial charge in [-0.2, -0.15) is 4.98 Å². The first kappa shape index (κ1) is 13.5. The summed E-state index contributed by atoms with van der Waals surface area (Å²) < 4.78 is 11.1. The molecule has 1 unspecified atom stereocenters. The lowest BCUT2D eigenvalue weighted by atomic mass is 10.1. The monoisotopic (exact) mass is 253 g/mol. The van der Waals surface area contributed by atoms with E-state index in [1.807, 2.05) is 20.8 Å². The van der Waals surface area contributed by atoms with E-state index in [1.165, 1.54) is 12.8 Å². The van der Waals surface area contributed by atoms with Gasteiger partial charge in [0.25, 0.3) is 0 Å². The van der Waals surface area contributed by atoms with Gasteiger partial charge in [0, 0.05) is 6.61 Å². The number of rotatable bonds is 7. The van der Waals surface area contributed by atoms with Gasteiger partial charge in [-0.05, 0) is 46.1 Å². The van der Waals surface area contributed by atoms with E-state index >= 15 is 0 Å². The van der Waals surface area contributed by atoms with Crippen LogP contribution in [0.1, 0.15) is 58.4 Å². The van der Waals surface area contributed by atoms with Crippen LogP contribution in [0.5, 0.6) is 0 Å². The number of hydrogen-bond donors (Lipinski definition) is 1. The van der Waals surface area contributed by atoms with Crippen LogP contribution >= 0.6 is 0 Å². The van der Waals surface area contributed by atoms with Gasteiger partial charge in [-0.3, -0.25) is 0 Å². The molecule has 0 spiro atoms. The van der Waals surface area contributed by atoms with Crippen LogP contribution in [0, 0.1) is 5.92 Å². The number of nitrogens with zero attached hydrogens (tertiary/aromatic N) is 2. The third-order valence-corrected chi connectivity index (χ3v) is 3.25. The third-order valence-electron chi connectivity index (χ3n) is 3.25. The fraction of sp³-hybridized carbons (Fsp3) is 0.846. The van der Waals surface area contributed by atoms with E-state index in [0.717, 1.165) is 6.54 Å². The van der Waals surface area contributed by atoms with Crippen LogP contribution in [0.25, 0.3) is 0 Å². The van der Waals surface area contributed by atoms with E-state index in [2.05, 4.69) is 22.4 Å². The zero-order chi connectivity index (χ0) is 13.2. The minimum atomic E-state index is -0.291. The predicted octanol–water partition coefficient (Wildman–Crippen LogP) is 2.40. The average molecular weight is 253 g/mol. The van der Waals surface area contributed by atoms with Gasteiger partial charge < -0.3 is 14.6 Å². The van der Waals surface area contributed by atoms with Gasteiger partial charge in [-0.25, -0.2) is 0 Å². The molecule has 0 amide bonds. The van der Waals surface area contributed by atoms with Crippen molar-refractivity contribution in [3.63, 3.8) is 0 Å². The average Bonchev–Trinajstić information content (AvgIpc) is 3.02. The summed E-state index contributed by atoms with van der Waals surface area (Å²) >= 11 is 0. The first-order valence-electron chi connectivity index (χ1n) is 6.79. The molecular formula is C13H23N3O2. The normalized spacial score (nSPS) is 18.0. The summed E-state index contributed by atoms with van der Waals surface area (Å²) in [7, 11) is 0. The van der Waals surface area contributed by atoms with Gasteiger partial charge in [0.15, 0.2) is 0 Å². The van der Waals surface area contributed by atoms with E-state index in [0.29, 0.717) is 24.2 Å². The molecule has 5 nitrogen and oxygen atoms in total. The highest BCUT2D eigenvalue weighted by Crippen LogP contribution is 2.42. The smallest absolute Gasteiger partial charge is 0.246 e. The fourth-order valence-electron chi connectivity index (χ4n) is 2.12. The maximum absolute atomic E-state index is 5.73. The van der Waals surface area contributed by atoms with Crippen LogP contribution in [0.3, 0.4) is 0 Å². The molecule has 1 fully saturated rings. The molecule has 1 aromatic rings. The van der Waals surface area contributed by atoms with Crippen LogP contribution in [-0.4, -0.2) is 23.3 Å². The molecule has 0 saturated heterocycles. The lowest BCUT2D eigenvalue weighted by Crippen LogP contribution is -2.36. The highest BCUT2D eigenvalue weighted by molar-refractivity contribution is 5.03. The SMILES string of the molecule is CCNC(C)(C)c1nc(C(OCC)C2CC2)no1. The van der Waals surface area contributed by atoms with Crippen molar-refractivity contribution in [2.24, 2.45) is 5.92 Å².